The number of para-hydroxylation sites is 1. The van der Waals surface area contributed by atoms with E-state index in [2.05, 4.69) is 4.98 Å². The topological polar surface area (TPSA) is 62.3 Å². The summed E-state index contributed by atoms with van der Waals surface area (Å²) in [5.74, 6) is 0.340. The van der Waals surface area contributed by atoms with Gasteiger partial charge in [-0.2, -0.15) is 13.2 Å². The molecule has 3 aromatic rings. The number of methoxy groups -OCH3 is 1. The average molecular weight is 410 g/mol. The highest BCUT2D eigenvalue weighted by Crippen LogP contribution is 2.41. The number of H-pyrrole nitrogens is 1. The molecule has 0 atom stereocenters. The number of aromatic nitrogens is 1. The first-order valence-corrected chi connectivity index (χ1v) is 8.53. The first-order valence-electron chi connectivity index (χ1n) is 8.15. The molecule has 0 aliphatic heterocycles. The van der Waals surface area contributed by atoms with Gasteiger partial charge in [0, 0.05) is 27.1 Å². The highest BCUT2D eigenvalue weighted by atomic mass is 35.5. The summed E-state index contributed by atoms with van der Waals surface area (Å²) in [6.07, 6.45) is -1.97. The van der Waals surface area contributed by atoms with Crippen LogP contribution in [-0.4, -0.2) is 23.8 Å². The lowest BCUT2D eigenvalue weighted by Gasteiger charge is -2.17. The van der Waals surface area contributed by atoms with Crippen LogP contribution in [0.15, 0.2) is 47.3 Å². The van der Waals surface area contributed by atoms with Crippen molar-refractivity contribution in [2.24, 2.45) is 0 Å². The molecule has 0 saturated carbocycles. The number of alkyl halides is 3. The Labute approximate surface area is 162 Å². The molecule has 0 fully saturated rings. The fraction of sp³-hybridized carbons (Fsp3) is 0.150. The Balaban J connectivity index is 2.54. The Hall–Kier alpha value is -2.77. The molecule has 1 heterocycles. The van der Waals surface area contributed by atoms with E-state index in [4.69, 9.17) is 21.4 Å². The van der Waals surface area contributed by atoms with Gasteiger partial charge in [-0.05, 0) is 24.3 Å². The zero-order valence-corrected chi connectivity index (χ0v) is 15.4. The number of ether oxygens (including phenoxy) is 1. The predicted octanol–water partition coefficient (Wildman–Crippen LogP) is 4.88. The van der Waals surface area contributed by atoms with Gasteiger partial charge in [-0.3, -0.25) is 4.79 Å². The van der Waals surface area contributed by atoms with E-state index in [1.165, 1.54) is 37.5 Å². The van der Waals surface area contributed by atoms with E-state index >= 15 is 0 Å². The van der Waals surface area contributed by atoms with Crippen LogP contribution in [0.1, 0.15) is 11.1 Å². The van der Waals surface area contributed by atoms with Gasteiger partial charge in [0.1, 0.15) is 5.75 Å². The molecule has 0 amide bonds. The Morgan fingerprint density at radius 3 is 2.64 bits per heavy atom. The van der Waals surface area contributed by atoms with Crippen LogP contribution >= 0.6 is 11.6 Å². The van der Waals surface area contributed by atoms with Crippen LogP contribution in [0.2, 0.25) is 5.02 Å². The molecule has 28 heavy (non-hydrogen) atoms. The molecular formula is C20H15ClF3NO3. The second-order valence-corrected chi connectivity index (χ2v) is 6.33. The number of aliphatic hydroxyl groups excluding tert-OH is 1. The van der Waals surface area contributed by atoms with E-state index in [0.717, 1.165) is 6.07 Å². The molecule has 0 aliphatic carbocycles. The fourth-order valence-electron chi connectivity index (χ4n) is 3.07. The van der Waals surface area contributed by atoms with Gasteiger partial charge >= 0.3 is 6.18 Å². The van der Waals surface area contributed by atoms with Gasteiger partial charge in [0.25, 0.3) is 5.56 Å². The summed E-state index contributed by atoms with van der Waals surface area (Å²) in [7, 11) is 1.41. The number of aromatic amines is 1. The normalized spacial score (nSPS) is 12.1. The zero-order valence-electron chi connectivity index (χ0n) is 14.6. The first-order chi connectivity index (χ1) is 13.3. The number of aliphatic hydroxyl groups is 1. The monoisotopic (exact) mass is 409 g/mol. The highest BCUT2D eigenvalue weighted by molar-refractivity contribution is 6.31. The Bertz CT molecular complexity index is 1120. The van der Waals surface area contributed by atoms with Gasteiger partial charge in [0.2, 0.25) is 0 Å². The summed E-state index contributed by atoms with van der Waals surface area (Å²) in [4.78, 5) is 15.0. The fourth-order valence-corrected chi connectivity index (χ4v) is 3.24. The summed E-state index contributed by atoms with van der Waals surface area (Å²) >= 11 is 6.10. The van der Waals surface area contributed by atoms with Crippen LogP contribution in [-0.2, 0) is 6.18 Å². The molecule has 1 aromatic heterocycles. The first kappa shape index (κ1) is 20.0. The quantitative estimate of drug-likeness (QED) is 0.645. The van der Waals surface area contributed by atoms with Crippen molar-refractivity contribution in [2.45, 2.75) is 6.18 Å². The molecular weight excluding hydrogens is 395 g/mol. The van der Waals surface area contributed by atoms with Gasteiger partial charge in [0.15, 0.2) is 0 Å². The van der Waals surface area contributed by atoms with Crippen molar-refractivity contribution in [1.82, 2.24) is 4.98 Å². The number of rotatable bonds is 4. The molecule has 0 aliphatic rings. The number of halogens is 4. The van der Waals surface area contributed by atoms with Crippen molar-refractivity contribution in [3.05, 3.63) is 69.0 Å². The largest absolute Gasteiger partial charge is 0.496 e. The SMILES string of the molecule is COc1ccc(Cl)cc1-c1c(C=CCO)c(=O)[nH]c2c(C(F)(F)F)cccc12. The highest BCUT2D eigenvalue weighted by Gasteiger charge is 2.33. The lowest BCUT2D eigenvalue weighted by molar-refractivity contribution is -0.136. The summed E-state index contributed by atoms with van der Waals surface area (Å²) in [6.45, 7) is -0.341. The number of hydrogen-bond acceptors (Lipinski definition) is 3. The third-order valence-corrected chi connectivity index (χ3v) is 4.45. The molecule has 0 saturated heterocycles. The standard InChI is InChI=1S/C20H15ClF3NO3/c1-28-16-8-7-11(21)10-14(16)17-12-4-2-6-15(20(22,23)24)18(12)25-19(27)13(17)5-3-9-26/h2-8,10,26H,9H2,1H3,(H,25,27). The number of hydrogen-bond donors (Lipinski definition) is 2. The van der Waals surface area contributed by atoms with Crippen LogP contribution in [0.4, 0.5) is 13.2 Å². The van der Waals surface area contributed by atoms with Crippen molar-refractivity contribution >= 4 is 28.6 Å². The minimum atomic E-state index is -4.65. The van der Waals surface area contributed by atoms with E-state index in [0.29, 0.717) is 16.3 Å². The van der Waals surface area contributed by atoms with Crippen molar-refractivity contribution < 1.29 is 23.0 Å². The van der Waals surface area contributed by atoms with Gasteiger partial charge in [-0.15, -0.1) is 0 Å². The maximum atomic E-state index is 13.5. The van der Waals surface area contributed by atoms with E-state index in [9.17, 15) is 18.0 Å². The molecule has 4 nitrogen and oxygen atoms in total. The van der Waals surface area contributed by atoms with E-state index in [1.807, 2.05) is 0 Å². The summed E-state index contributed by atoms with van der Waals surface area (Å²) in [5.41, 5.74) is -1.34. The Kier molecular flexibility index (Phi) is 5.49. The number of benzene rings is 2. The molecule has 3 rings (SSSR count). The second kappa shape index (κ2) is 7.69. The molecule has 2 N–H and O–H groups in total. The second-order valence-electron chi connectivity index (χ2n) is 5.90. The number of fused-ring (bicyclic) bond motifs is 1. The Morgan fingerprint density at radius 2 is 2.00 bits per heavy atom. The molecule has 0 radical (unpaired) electrons. The van der Waals surface area contributed by atoms with Crippen molar-refractivity contribution in [3.63, 3.8) is 0 Å². The van der Waals surface area contributed by atoms with E-state index in [1.54, 1.807) is 12.1 Å². The maximum absolute atomic E-state index is 13.5. The minimum Gasteiger partial charge on any atom is -0.496 e. The predicted molar refractivity (Wildman–Crippen MR) is 103 cm³/mol. The zero-order chi connectivity index (χ0) is 20.5. The number of nitrogens with one attached hydrogen (secondary N) is 1. The minimum absolute atomic E-state index is 0.0847. The van der Waals surface area contributed by atoms with Gasteiger partial charge < -0.3 is 14.8 Å². The van der Waals surface area contributed by atoms with Crippen LogP contribution < -0.4 is 10.3 Å². The van der Waals surface area contributed by atoms with Crippen LogP contribution in [0.3, 0.4) is 0 Å². The van der Waals surface area contributed by atoms with Crippen molar-refractivity contribution in [3.8, 4) is 16.9 Å². The molecule has 0 unspecified atom stereocenters. The average Bonchev–Trinajstić information content (AvgIpc) is 2.64. The number of pyridine rings is 1. The molecule has 2 aromatic carbocycles. The van der Waals surface area contributed by atoms with Crippen molar-refractivity contribution in [2.75, 3.05) is 13.7 Å². The van der Waals surface area contributed by atoms with Gasteiger partial charge in [0.05, 0.1) is 24.8 Å². The van der Waals surface area contributed by atoms with Gasteiger partial charge in [-0.25, -0.2) is 0 Å². The van der Waals surface area contributed by atoms with E-state index in [-0.39, 0.29) is 28.6 Å². The summed E-state index contributed by atoms with van der Waals surface area (Å²) < 4.78 is 45.8. The third kappa shape index (κ3) is 3.63. The molecule has 8 heteroatoms. The summed E-state index contributed by atoms with van der Waals surface area (Å²) in [5, 5.41) is 9.60. The third-order valence-electron chi connectivity index (χ3n) is 4.21. The van der Waals surface area contributed by atoms with Gasteiger partial charge in [-0.1, -0.05) is 35.9 Å². The molecule has 0 bridgehead atoms. The van der Waals surface area contributed by atoms with Crippen LogP contribution in [0.25, 0.3) is 28.1 Å². The van der Waals surface area contributed by atoms with Crippen molar-refractivity contribution in [1.29, 1.82) is 0 Å². The van der Waals surface area contributed by atoms with Crippen LogP contribution in [0.5, 0.6) is 5.75 Å². The van der Waals surface area contributed by atoms with E-state index < -0.39 is 17.3 Å². The smallest absolute Gasteiger partial charge is 0.418 e. The Morgan fingerprint density at radius 1 is 1.25 bits per heavy atom. The van der Waals surface area contributed by atoms with Crippen LogP contribution in [0, 0.1) is 0 Å². The summed E-state index contributed by atoms with van der Waals surface area (Å²) in [6, 6.07) is 8.31. The maximum Gasteiger partial charge on any atom is 0.418 e. The lowest BCUT2D eigenvalue weighted by atomic mass is 9.93. The lowest BCUT2D eigenvalue weighted by Crippen LogP contribution is -2.15. The molecule has 0 spiro atoms. The molecule has 146 valence electrons.